The summed E-state index contributed by atoms with van der Waals surface area (Å²) >= 11 is 0. The number of benzene rings is 2. The number of hydrogen-bond donors (Lipinski definition) is 2. The van der Waals surface area contributed by atoms with E-state index in [1.807, 2.05) is 0 Å². The Hall–Kier alpha value is -3.30. The molecule has 2 aromatic carbocycles. The van der Waals surface area contributed by atoms with Crippen LogP contribution >= 0.6 is 0 Å². The van der Waals surface area contributed by atoms with Gasteiger partial charge in [0, 0.05) is 24.7 Å². The number of halogens is 3. The number of alkyl halides is 3. The van der Waals surface area contributed by atoms with E-state index in [1.54, 1.807) is 6.92 Å². The highest BCUT2D eigenvalue weighted by Gasteiger charge is 2.31. The molecule has 1 atom stereocenters. The number of hydrogen-bond acceptors (Lipinski definition) is 5. The second-order valence-electron chi connectivity index (χ2n) is 5.55. The van der Waals surface area contributed by atoms with Gasteiger partial charge in [-0.1, -0.05) is 12.1 Å². The first-order chi connectivity index (χ1) is 12.6. The molecule has 0 aromatic heterocycles. The van der Waals surface area contributed by atoms with Gasteiger partial charge in [-0.2, -0.15) is 0 Å². The maximum Gasteiger partial charge on any atom is 0.573 e. The summed E-state index contributed by atoms with van der Waals surface area (Å²) in [5.74, 6) is -0.822. The van der Waals surface area contributed by atoms with E-state index in [-0.39, 0.29) is 22.7 Å². The van der Waals surface area contributed by atoms with Gasteiger partial charge >= 0.3 is 6.36 Å². The van der Waals surface area contributed by atoms with Crippen molar-refractivity contribution in [2.75, 3.05) is 12.4 Å². The lowest BCUT2D eigenvalue weighted by Crippen LogP contribution is -2.18. The minimum atomic E-state index is -4.78. The van der Waals surface area contributed by atoms with Crippen molar-refractivity contribution in [2.45, 2.75) is 19.3 Å². The van der Waals surface area contributed by atoms with Gasteiger partial charge in [0.05, 0.1) is 4.92 Å². The van der Waals surface area contributed by atoms with Gasteiger partial charge < -0.3 is 15.4 Å². The molecule has 144 valence electrons. The third-order valence-electron chi connectivity index (χ3n) is 3.67. The van der Waals surface area contributed by atoms with Gasteiger partial charge in [0.1, 0.15) is 11.4 Å². The zero-order valence-corrected chi connectivity index (χ0v) is 14.3. The predicted octanol–water partition coefficient (Wildman–Crippen LogP) is 4.03. The SMILES string of the molecule is CNC(=O)c1ccc(N[C@@H](C)c2ccc(OC(F)(F)F)cc2)c([N+](=O)[O-])c1. The summed E-state index contributed by atoms with van der Waals surface area (Å²) in [6.07, 6.45) is -4.78. The van der Waals surface area contributed by atoms with E-state index in [0.717, 1.165) is 18.2 Å². The van der Waals surface area contributed by atoms with Gasteiger partial charge in [0.15, 0.2) is 0 Å². The molecule has 0 heterocycles. The number of ether oxygens (including phenoxy) is 1. The molecule has 27 heavy (non-hydrogen) atoms. The van der Waals surface area contributed by atoms with Crippen LogP contribution in [-0.2, 0) is 0 Å². The van der Waals surface area contributed by atoms with E-state index < -0.39 is 23.2 Å². The Balaban J connectivity index is 2.20. The molecular weight excluding hydrogens is 367 g/mol. The molecular formula is C17H16F3N3O4. The highest BCUT2D eigenvalue weighted by Crippen LogP contribution is 2.30. The van der Waals surface area contributed by atoms with Crippen molar-refractivity contribution in [2.24, 2.45) is 0 Å². The summed E-state index contributed by atoms with van der Waals surface area (Å²) in [5.41, 5.74) is 0.612. The van der Waals surface area contributed by atoms with Gasteiger partial charge in [-0.25, -0.2) is 0 Å². The maximum atomic E-state index is 12.2. The van der Waals surface area contributed by atoms with Crippen molar-refractivity contribution in [3.8, 4) is 5.75 Å². The van der Waals surface area contributed by atoms with Crippen LogP contribution in [0, 0.1) is 10.1 Å². The van der Waals surface area contributed by atoms with Crippen molar-refractivity contribution in [1.82, 2.24) is 5.32 Å². The Morgan fingerprint density at radius 3 is 2.33 bits per heavy atom. The second-order valence-corrected chi connectivity index (χ2v) is 5.55. The third-order valence-corrected chi connectivity index (χ3v) is 3.67. The maximum absolute atomic E-state index is 12.2. The Morgan fingerprint density at radius 2 is 1.81 bits per heavy atom. The topological polar surface area (TPSA) is 93.5 Å². The molecule has 0 aliphatic rings. The Kier molecular flexibility index (Phi) is 5.88. The van der Waals surface area contributed by atoms with Crippen molar-refractivity contribution in [1.29, 1.82) is 0 Å². The van der Waals surface area contributed by atoms with Crippen LogP contribution in [0.1, 0.15) is 28.9 Å². The number of amides is 1. The second kappa shape index (κ2) is 7.94. The molecule has 2 aromatic rings. The number of nitrogens with one attached hydrogen (secondary N) is 2. The Morgan fingerprint density at radius 1 is 1.19 bits per heavy atom. The van der Waals surface area contributed by atoms with E-state index in [9.17, 15) is 28.1 Å². The summed E-state index contributed by atoms with van der Waals surface area (Å²) in [5, 5.41) is 16.6. The summed E-state index contributed by atoms with van der Waals surface area (Å²) in [4.78, 5) is 22.3. The molecule has 0 fully saturated rings. The zero-order chi connectivity index (χ0) is 20.2. The van der Waals surface area contributed by atoms with Gasteiger partial charge in [-0.05, 0) is 36.8 Å². The van der Waals surface area contributed by atoms with Crippen molar-refractivity contribution >= 4 is 17.3 Å². The van der Waals surface area contributed by atoms with E-state index >= 15 is 0 Å². The first-order valence-electron chi connectivity index (χ1n) is 7.73. The van der Waals surface area contributed by atoms with Crippen molar-refractivity contribution < 1.29 is 27.6 Å². The normalized spacial score (nSPS) is 12.2. The quantitative estimate of drug-likeness (QED) is 0.580. The molecule has 0 bridgehead atoms. The Labute approximate surface area is 152 Å². The molecule has 2 rings (SSSR count). The molecule has 0 saturated heterocycles. The molecule has 7 nitrogen and oxygen atoms in total. The number of nitro benzene ring substituents is 1. The van der Waals surface area contributed by atoms with Crippen LogP contribution in [0.25, 0.3) is 0 Å². The van der Waals surface area contributed by atoms with Gasteiger partial charge in [0.25, 0.3) is 11.6 Å². The van der Waals surface area contributed by atoms with E-state index in [2.05, 4.69) is 15.4 Å². The van der Waals surface area contributed by atoms with E-state index in [0.29, 0.717) is 5.56 Å². The average Bonchev–Trinajstić information content (AvgIpc) is 2.60. The van der Waals surface area contributed by atoms with Gasteiger partial charge in [-0.15, -0.1) is 13.2 Å². The fourth-order valence-corrected chi connectivity index (χ4v) is 2.37. The fraction of sp³-hybridized carbons (Fsp3) is 0.235. The zero-order valence-electron chi connectivity index (χ0n) is 14.3. The first kappa shape index (κ1) is 20.0. The lowest BCUT2D eigenvalue weighted by atomic mass is 10.1. The molecule has 0 unspecified atom stereocenters. The number of rotatable bonds is 6. The number of nitro groups is 1. The van der Waals surface area contributed by atoms with Gasteiger partial charge in [0.2, 0.25) is 0 Å². The first-order valence-corrected chi connectivity index (χ1v) is 7.73. The molecule has 0 aliphatic carbocycles. The summed E-state index contributed by atoms with van der Waals surface area (Å²) in [6.45, 7) is 1.69. The van der Waals surface area contributed by atoms with Crippen molar-refractivity contribution in [3.63, 3.8) is 0 Å². The van der Waals surface area contributed by atoms with Crippen LogP contribution in [-0.4, -0.2) is 24.2 Å². The monoisotopic (exact) mass is 383 g/mol. The predicted molar refractivity (Wildman–Crippen MR) is 91.6 cm³/mol. The summed E-state index contributed by atoms with van der Waals surface area (Å²) in [6, 6.07) is 8.69. The molecule has 10 heteroatoms. The number of anilines is 1. The van der Waals surface area contributed by atoms with Crippen LogP contribution in [0.4, 0.5) is 24.5 Å². The lowest BCUT2D eigenvalue weighted by molar-refractivity contribution is -0.384. The van der Waals surface area contributed by atoms with Crippen molar-refractivity contribution in [3.05, 3.63) is 63.7 Å². The van der Waals surface area contributed by atoms with E-state index in [4.69, 9.17) is 0 Å². The molecule has 2 N–H and O–H groups in total. The summed E-state index contributed by atoms with van der Waals surface area (Å²) in [7, 11) is 1.41. The average molecular weight is 383 g/mol. The fourth-order valence-electron chi connectivity index (χ4n) is 2.37. The molecule has 0 saturated carbocycles. The molecule has 0 spiro atoms. The highest BCUT2D eigenvalue weighted by atomic mass is 19.4. The Bertz CT molecular complexity index is 838. The number of nitrogens with zero attached hydrogens (tertiary/aromatic N) is 1. The number of carbonyl (C=O) groups excluding carboxylic acids is 1. The lowest BCUT2D eigenvalue weighted by Gasteiger charge is -2.17. The highest BCUT2D eigenvalue weighted by molar-refractivity contribution is 5.95. The number of carbonyl (C=O) groups is 1. The van der Waals surface area contributed by atoms with Crippen LogP contribution in [0.3, 0.4) is 0 Å². The largest absolute Gasteiger partial charge is 0.573 e. The van der Waals surface area contributed by atoms with Gasteiger partial charge in [-0.3, -0.25) is 14.9 Å². The minimum absolute atomic E-state index is 0.135. The van der Waals surface area contributed by atoms with Crippen LogP contribution in [0.2, 0.25) is 0 Å². The van der Waals surface area contributed by atoms with Crippen LogP contribution in [0.15, 0.2) is 42.5 Å². The van der Waals surface area contributed by atoms with E-state index in [1.165, 1.54) is 31.3 Å². The molecule has 0 radical (unpaired) electrons. The summed E-state index contributed by atoms with van der Waals surface area (Å²) < 4.78 is 40.4. The van der Waals surface area contributed by atoms with Crippen LogP contribution in [0.5, 0.6) is 5.75 Å². The molecule has 0 aliphatic heterocycles. The standard InChI is InChI=1S/C17H16F3N3O4/c1-10(11-3-6-13(7-4-11)27-17(18,19)20)22-14-8-5-12(16(24)21-2)9-15(14)23(25)26/h3-10,22H,1-2H3,(H,21,24)/t10-/m0/s1. The molecule has 1 amide bonds. The van der Waals surface area contributed by atoms with Crippen LogP contribution < -0.4 is 15.4 Å². The minimum Gasteiger partial charge on any atom is -0.406 e. The third kappa shape index (κ3) is 5.33. The smallest absolute Gasteiger partial charge is 0.406 e.